The number of para-hydroxylation sites is 2. The van der Waals surface area contributed by atoms with Gasteiger partial charge in [-0.1, -0.05) is 12.1 Å². The molecule has 126 valence electrons. The van der Waals surface area contributed by atoms with Crippen LogP contribution < -0.4 is 10.2 Å². The van der Waals surface area contributed by atoms with Crippen LogP contribution in [0.1, 0.15) is 33.6 Å². The minimum absolute atomic E-state index is 0.208. The summed E-state index contributed by atoms with van der Waals surface area (Å²) < 4.78 is 5.43. The van der Waals surface area contributed by atoms with Crippen molar-refractivity contribution in [3.05, 3.63) is 24.3 Å². The summed E-state index contributed by atoms with van der Waals surface area (Å²) in [6, 6.07) is 8.11. The summed E-state index contributed by atoms with van der Waals surface area (Å²) >= 11 is 0. The number of aliphatic hydroxyl groups is 1. The molecule has 2 aliphatic heterocycles. The Kier molecular flexibility index (Phi) is 4.10. The van der Waals surface area contributed by atoms with Gasteiger partial charge in [-0.05, 0) is 45.7 Å². The van der Waals surface area contributed by atoms with Crippen LogP contribution in [0.2, 0.25) is 0 Å². The molecule has 1 fully saturated rings. The number of benzene rings is 1. The smallest absolute Gasteiger partial charge is 0.410 e. The molecule has 0 bridgehead atoms. The third-order valence-electron chi connectivity index (χ3n) is 4.24. The molecule has 2 heterocycles. The highest BCUT2D eigenvalue weighted by molar-refractivity contribution is 5.75. The molecule has 3 rings (SSSR count). The summed E-state index contributed by atoms with van der Waals surface area (Å²) in [7, 11) is 0. The number of nitrogens with zero attached hydrogens (tertiary/aromatic N) is 2. The molecule has 0 aliphatic carbocycles. The fourth-order valence-corrected chi connectivity index (χ4v) is 3.21. The van der Waals surface area contributed by atoms with Crippen molar-refractivity contribution in [1.29, 1.82) is 0 Å². The van der Waals surface area contributed by atoms with E-state index in [0.29, 0.717) is 13.1 Å². The molecule has 6 nitrogen and oxygen atoms in total. The number of rotatable bonds is 1. The maximum Gasteiger partial charge on any atom is 0.410 e. The van der Waals surface area contributed by atoms with E-state index in [9.17, 15) is 9.90 Å². The van der Waals surface area contributed by atoms with E-state index in [1.165, 1.54) is 0 Å². The van der Waals surface area contributed by atoms with Gasteiger partial charge in [-0.15, -0.1) is 0 Å². The van der Waals surface area contributed by atoms with Crippen LogP contribution in [-0.4, -0.2) is 47.2 Å². The summed E-state index contributed by atoms with van der Waals surface area (Å²) in [5.74, 6) is 0. The second kappa shape index (κ2) is 5.92. The van der Waals surface area contributed by atoms with Crippen LogP contribution in [0.5, 0.6) is 0 Å². The number of amides is 1. The Labute approximate surface area is 137 Å². The molecule has 2 N–H and O–H groups in total. The Balaban J connectivity index is 1.62. The average Bonchev–Trinajstić information content (AvgIpc) is 2.81. The third kappa shape index (κ3) is 3.37. The van der Waals surface area contributed by atoms with Crippen molar-refractivity contribution < 1.29 is 14.6 Å². The van der Waals surface area contributed by atoms with E-state index in [-0.39, 0.29) is 12.1 Å². The van der Waals surface area contributed by atoms with Gasteiger partial charge in [0.15, 0.2) is 0 Å². The van der Waals surface area contributed by atoms with Gasteiger partial charge >= 0.3 is 6.09 Å². The molecular formula is C17H25N3O3. The van der Waals surface area contributed by atoms with E-state index in [4.69, 9.17) is 4.74 Å². The molecule has 1 saturated heterocycles. The summed E-state index contributed by atoms with van der Waals surface area (Å²) in [5, 5.41) is 13.4. The van der Waals surface area contributed by atoms with Crippen molar-refractivity contribution in [3.8, 4) is 0 Å². The predicted octanol–water partition coefficient (Wildman–Crippen LogP) is 2.59. The Hall–Kier alpha value is -1.95. The number of carbonyl (C=O) groups is 1. The van der Waals surface area contributed by atoms with Gasteiger partial charge < -0.3 is 25.0 Å². The molecule has 1 aromatic carbocycles. The first-order valence-electron chi connectivity index (χ1n) is 8.15. The lowest BCUT2D eigenvalue weighted by atomic mass is 10.0. The van der Waals surface area contributed by atoms with Gasteiger partial charge in [0.1, 0.15) is 5.60 Å². The SMILES string of the molecule is CC(C)(C)OC(=O)N1CCC(N2c3ccccc3NC2O)CC1. The maximum atomic E-state index is 12.1. The number of piperidine rings is 1. The first-order valence-corrected chi connectivity index (χ1v) is 8.15. The van der Waals surface area contributed by atoms with E-state index in [1.54, 1.807) is 4.90 Å². The van der Waals surface area contributed by atoms with Gasteiger partial charge in [-0.3, -0.25) is 0 Å². The number of ether oxygens (including phenoxy) is 1. The Morgan fingerprint density at radius 3 is 2.57 bits per heavy atom. The highest BCUT2D eigenvalue weighted by Crippen LogP contribution is 2.37. The minimum Gasteiger partial charge on any atom is -0.444 e. The topological polar surface area (TPSA) is 65.0 Å². The second-order valence-electron chi connectivity index (χ2n) is 7.14. The number of aliphatic hydroxyl groups excluding tert-OH is 1. The lowest BCUT2D eigenvalue weighted by Gasteiger charge is -2.39. The van der Waals surface area contributed by atoms with Crippen LogP contribution in [0.3, 0.4) is 0 Å². The highest BCUT2D eigenvalue weighted by atomic mass is 16.6. The summed E-state index contributed by atoms with van der Waals surface area (Å²) in [6.07, 6.45) is 0.667. The minimum atomic E-state index is -0.703. The lowest BCUT2D eigenvalue weighted by Crippen LogP contribution is -2.51. The number of nitrogens with one attached hydrogen (secondary N) is 1. The summed E-state index contributed by atoms with van der Waals surface area (Å²) in [6.45, 7) is 6.92. The number of fused-ring (bicyclic) bond motifs is 1. The average molecular weight is 319 g/mol. The number of likely N-dealkylation sites (tertiary alicyclic amines) is 1. The monoisotopic (exact) mass is 319 g/mol. The quantitative estimate of drug-likeness (QED) is 0.833. The normalized spacial score (nSPS) is 21.8. The summed E-state index contributed by atoms with van der Waals surface area (Å²) in [4.78, 5) is 15.9. The van der Waals surface area contributed by atoms with E-state index in [0.717, 1.165) is 24.2 Å². The first-order chi connectivity index (χ1) is 10.8. The maximum absolute atomic E-state index is 12.1. The van der Waals surface area contributed by atoms with E-state index in [1.807, 2.05) is 49.9 Å². The second-order valence-corrected chi connectivity index (χ2v) is 7.14. The predicted molar refractivity (Wildman–Crippen MR) is 89.4 cm³/mol. The molecule has 1 atom stereocenters. The zero-order chi connectivity index (χ0) is 16.6. The van der Waals surface area contributed by atoms with Crippen LogP contribution >= 0.6 is 0 Å². The van der Waals surface area contributed by atoms with Gasteiger partial charge in [0, 0.05) is 19.1 Å². The van der Waals surface area contributed by atoms with Gasteiger partial charge in [-0.2, -0.15) is 0 Å². The van der Waals surface area contributed by atoms with Crippen molar-refractivity contribution in [2.75, 3.05) is 23.3 Å². The molecular weight excluding hydrogens is 294 g/mol. The molecule has 0 aromatic heterocycles. The van der Waals surface area contributed by atoms with Crippen LogP contribution in [0.4, 0.5) is 16.2 Å². The zero-order valence-electron chi connectivity index (χ0n) is 14.0. The number of hydrogen-bond donors (Lipinski definition) is 2. The fraction of sp³-hybridized carbons (Fsp3) is 0.588. The Morgan fingerprint density at radius 2 is 1.91 bits per heavy atom. The van der Waals surface area contributed by atoms with Crippen molar-refractivity contribution in [1.82, 2.24) is 4.90 Å². The number of carbonyl (C=O) groups excluding carboxylic acids is 1. The van der Waals surface area contributed by atoms with Crippen LogP contribution in [0.25, 0.3) is 0 Å². The lowest BCUT2D eigenvalue weighted by molar-refractivity contribution is 0.0198. The van der Waals surface area contributed by atoms with Gasteiger partial charge in [0.05, 0.1) is 11.4 Å². The summed E-state index contributed by atoms with van der Waals surface area (Å²) in [5.41, 5.74) is 1.51. The van der Waals surface area contributed by atoms with E-state index < -0.39 is 12.0 Å². The molecule has 23 heavy (non-hydrogen) atoms. The molecule has 2 aliphatic rings. The Morgan fingerprint density at radius 1 is 1.26 bits per heavy atom. The Bertz CT molecular complexity index is 577. The third-order valence-corrected chi connectivity index (χ3v) is 4.24. The molecule has 0 spiro atoms. The molecule has 1 amide bonds. The van der Waals surface area contributed by atoms with E-state index in [2.05, 4.69) is 5.32 Å². The van der Waals surface area contributed by atoms with Gasteiger partial charge in [-0.25, -0.2) is 4.79 Å². The standard InChI is InChI=1S/C17H25N3O3/c1-17(2,3)23-16(22)19-10-8-12(9-11-19)20-14-7-5-4-6-13(14)18-15(20)21/h4-7,12,15,18,21H,8-11H2,1-3H3. The fourth-order valence-electron chi connectivity index (χ4n) is 3.21. The largest absolute Gasteiger partial charge is 0.444 e. The number of anilines is 2. The zero-order valence-corrected chi connectivity index (χ0v) is 14.0. The molecule has 1 aromatic rings. The van der Waals surface area contributed by atoms with Crippen molar-refractivity contribution >= 4 is 17.5 Å². The van der Waals surface area contributed by atoms with Crippen LogP contribution in [0.15, 0.2) is 24.3 Å². The molecule has 0 radical (unpaired) electrons. The molecule has 0 saturated carbocycles. The van der Waals surface area contributed by atoms with Crippen molar-refractivity contribution in [3.63, 3.8) is 0 Å². The van der Waals surface area contributed by atoms with Crippen molar-refractivity contribution in [2.45, 2.75) is 51.6 Å². The van der Waals surface area contributed by atoms with Crippen LogP contribution in [0, 0.1) is 0 Å². The van der Waals surface area contributed by atoms with Gasteiger partial charge in [0.25, 0.3) is 0 Å². The van der Waals surface area contributed by atoms with E-state index >= 15 is 0 Å². The van der Waals surface area contributed by atoms with Gasteiger partial charge in [0.2, 0.25) is 6.35 Å². The molecule has 6 heteroatoms. The van der Waals surface area contributed by atoms with Crippen LogP contribution in [-0.2, 0) is 4.74 Å². The molecule has 1 unspecified atom stereocenters. The highest BCUT2D eigenvalue weighted by Gasteiger charge is 2.36. The first kappa shape index (κ1) is 15.9. The number of hydrogen-bond acceptors (Lipinski definition) is 5. The van der Waals surface area contributed by atoms with Crippen molar-refractivity contribution in [2.24, 2.45) is 0 Å².